The van der Waals surface area contributed by atoms with E-state index in [-0.39, 0.29) is 38.3 Å². The lowest BCUT2D eigenvalue weighted by Gasteiger charge is -2.21. The third-order valence-electron chi connectivity index (χ3n) is 4.32. The van der Waals surface area contributed by atoms with Crippen LogP contribution < -0.4 is 16.0 Å². The zero-order valence-electron chi connectivity index (χ0n) is 19.8. The Morgan fingerprint density at radius 1 is 0.939 bits per heavy atom. The quantitative estimate of drug-likeness (QED) is 0.263. The first-order valence-electron chi connectivity index (χ1n) is 11.0. The molecule has 0 aliphatic carbocycles. The zero-order valence-corrected chi connectivity index (χ0v) is 19.8. The van der Waals surface area contributed by atoms with E-state index in [0.29, 0.717) is 18.9 Å². The van der Waals surface area contributed by atoms with Crippen LogP contribution >= 0.6 is 0 Å². The van der Waals surface area contributed by atoms with Gasteiger partial charge in [-0.2, -0.15) is 0 Å². The lowest BCUT2D eigenvalue weighted by atomic mass is 10.0. The normalized spacial score (nSPS) is 11.5. The number of nitrogens with one attached hydrogen (secondary N) is 3. The van der Waals surface area contributed by atoms with Gasteiger partial charge in [0.2, 0.25) is 17.7 Å². The molecule has 0 heterocycles. The Hall–Kier alpha value is -2.98. The summed E-state index contributed by atoms with van der Waals surface area (Å²) in [4.78, 5) is 47.6. The summed E-state index contributed by atoms with van der Waals surface area (Å²) in [6, 6.07) is 5.98. The Balaban J connectivity index is 2.41. The van der Waals surface area contributed by atoms with E-state index in [1.807, 2.05) is 6.92 Å². The van der Waals surface area contributed by atoms with Gasteiger partial charge in [0, 0.05) is 19.2 Å². The van der Waals surface area contributed by atoms with Gasteiger partial charge in [0.15, 0.2) is 0 Å². The predicted molar refractivity (Wildman–Crippen MR) is 122 cm³/mol. The van der Waals surface area contributed by atoms with Crippen LogP contribution in [0.15, 0.2) is 24.3 Å². The molecule has 3 N–H and O–H groups in total. The van der Waals surface area contributed by atoms with Gasteiger partial charge in [0.25, 0.3) is 0 Å². The Bertz CT molecular complexity index is 766. The Morgan fingerprint density at radius 3 is 2.21 bits per heavy atom. The van der Waals surface area contributed by atoms with Gasteiger partial charge in [-0.25, -0.2) is 0 Å². The van der Waals surface area contributed by atoms with Gasteiger partial charge < -0.3 is 30.2 Å². The second-order valence-corrected chi connectivity index (χ2v) is 7.70. The number of hydrogen-bond donors (Lipinski definition) is 3. The lowest BCUT2D eigenvalue weighted by Crippen LogP contribution is -2.51. The molecule has 0 fully saturated rings. The molecule has 1 aromatic carbocycles. The van der Waals surface area contributed by atoms with Gasteiger partial charge in [-0.05, 0) is 30.0 Å². The van der Waals surface area contributed by atoms with Crippen LogP contribution in [0.4, 0.5) is 5.69 Å². The molecule has 1 unspecified atom stereocenters. The highest BCUT2D eigenvalue weighted by molar-refractivity contribution is 5.96. The van der Waals surface area contributed by atoms with Crippen molar-refractivity contribution in [2.45, 2.75) is 46.8 Å². The highest BCUT2D eigenvalue weighted by Gasteiger charge is 2.24. The van der Waals surface area contributed by atoms with Crippen molar-refractivity contribution in [3.8, 4) is 0 Å². The van der Waals surface area contributed by atoms with E-state index < -0.39 is 23.8 Å². The van der Waals surface area contributed by atoms with E-state index in [9.17, 15) is 19.2 Å². The molecule has 33 heavy (non-hydrogen) atoms. The van der Waals surface area contributed by atoms with Crippen LogP contribution in [0.1, 0.15) is 39.7 Å². The SMILES string of the molecule is CCCOCCOCC(=O)NC(C(=O)NCC(=O)Nc1ccc(COC(C)=O)cc1)C(C)C. The minimum atomic E-state index is -0.800. The molecular weight excluding hydrogens is 430 g/mol. The molecule has 1 rings (SSSR count). The average molecular weight is 466 g/mol. The molecule has 184 valence electrons. The summed E-state index contributed by atoms with van der Waals surface area (Å²) in [5.74, 6) is -1.85. The first-order chi connectivity index (χ1) is 15.7. The van der Waals surface area contributed by atoms with Crippen molar-refractivity contribution in [2.24, 2.45) is 5.92 Å². The van der Waals surface area contributed by atoms with E-state index in [2.05, 4.69) is 16.0 Å². The fourth-order valence-corrected chi connectivity index (χ4v) is 2.63. The number of rotatable bonds is 15. The molecule has 10 heteroatoms. The number of carbonyl (C=O) groups excluding carboxylic acids is 4. The number of amides is 3. The first-order valence-corrected chi connectivity index (χ1v) is 11.0. The van der Waals surface area contributed by atoms with Gasteiger partial charge in [-0.15, -0.1) is 0 Å². The fraction of sp³-hybridized carbons (Fsp3) is 0.565. The van der Waals surface area contributed by atoms with Crippen LogP contribution in [0, 0.1) is 5.92 Å². The molecule has 10 nitrogen and oxygen atoms in total. The van der Waals surface area contributed by atoms with E-state index in [1.165, 1.54) is 6.92 Å². The second kappa shape index (κ2) is 15.8. The molecule has 0 aromatic heterocycles. The minimum Gasteiger partial charge on any atom is -0.461 e. The van der Waals surface area contributed by atoms with Crippen molar-refractivity contribution < 1.29 is 33.4 Å². The van der Waals surface area contributed by atoms with Crippen molar-refractivity contribution in [3.05, 3.63) is 29.8 Å². The van der Waals surface area contributed by atoms with Crippen LogP contribution in [0.3, 0.4) is 0 Å². The molecule has 3 amide bonds. The number of benzene rings is 1. The van der Waals surface area contributed by atoms with E-state index in [0.717, 1.165) is 12.0 Å². The molecule has 0 bridgehead atoms. The third-order valence-corrected chi connectivity index (χ3v) is 4.32. The second-order valence-electron chi connectivity index (χ2n) is 7.70. The van der Waals surface area contributed by atoms with Gasteiger partial charge >= 0.3 is 5.97 Å². The summed E-state index contributed by atoms with van der Waals surface area (Å²) < 4.78 is 15.4. The maximum atomic E-state index is 12.5. The summed E-state index contributed by atoms with van der Waals surface area (Å²) in [6.45, 7) is 7.97. The molecule has 0 radical (unpaired) electrons. The highest BCUT2D eigenvalue weighted by Crippen LogP contribution is 2.10. The average Bonchev–Trinajstić information content (AvgIpc) is 2.77. The fourth-order valence-electron chi connectivity index (χ4n) is 2.63. The van der Waals surface area contributed by atoms with Crippen LogP contribution in [0.25, 0.3) is 0 Å². The zero-order chi connectivity index (χ0) is 24.6. The molecular formula is C23H35N3O7. The Labute approximate surface area is 194 Å². The third kappa shape index (κ3) is 12.6. The van der Waals surface area contributed by atoms with Crippen LogP contribution in [-0.4, -0.2) is 62.7 Å². The van der Waals surface area contributed by atoms with Crippen molar-refractivity contribution in [3.63, 3.8) is 0 Å². The smallest absolute Gasteiger partial charge is 0.302 e. The van der Waals surface area contributed by atoms with Crippen LogP contribution in [0.5, 0.6) is 0 Å². The van der Waals surface area contributed by atoms with E-state index in [1.54, 1.807) is 38.1 Å². The largest absolute Gasteiger partial charge is 0.461 e. The van der Waals surface area contributed by atoms with Crippen molar-refractivity contribution in [1.29, 1.82) is 0 Å². The summed E-state index contributed by atoms with van der Waals surface area (Å²) in [6.07, 6.45) is 0.910. The summed E-state index contributed by atoms with van der Waals surface area (Å²) >= 11 is 0. The van der Waals surface area contributed by atoms with Crippen LogP contribution in [0.2, 0.25) is 0 Å². The van der Waals surface area contributed by atoms with Crippen molar-refractivity contribution in [1.82, 2.24) is 10.6 Å². The number of carbonyl (C=O) groups is 4. The highest BCUT2D eigenvalue weighted by atomic mass is 16.5. The predicted octanol–water partition coefficient (Wildman–Crippen LogP) is 1.39. The molecule has 0 saturated heterocycles. The molecule has 0 aliphatic heterocycles. The monoisotopic (exact) mass is 465 g/mol. The summed E-state index contributed by atoms with van der Waals surface area (Å²) in [7, 11) is 0. The first kappa shape index (κ1) is 28.1. The van der Waals surface area contributed by atoms with Gasteiger partial charge in [-0.3, -0.25) is 19.2 Å². The number of anilines is 1. The van der Waals surface area contributed by atoms with Crippen molar-refractivity contribution in [2.75, 3.05) is 38.3 Å². The lowest BCUT2D eigenvalue weighted by molar-refractivity contribution is -0.142. The maximum Gasteiger partial charge on any atom is 0.302 e. The molecule has 1 aromatic rings. The minimum absolute atomic E-state index is 0.152. The van der Waals surface area contributed by atoms with Crippen LogP contribution in [-0.2, 0) is 40.0 Å². The summed E-state index contributed by atoms with van der Waals surface area (Å²) in [5, 5.41) is 7.84. The molecule has 0 saturated carbocycles. The Morgan fingerprint density at radius 2 is 1.61 bits per heavy atom. The standard InChI is InChI=1S/C23H35N3O7/c1-5-10-31-11-12-32-15-21(29)26-22(16(2)3)23(30)24-13-20(28)25-19-8-6-18(7-9-19)14-33-17(4)27/h6-9,16,22H,5,10-15H2,1-4H3,(H,24,30)(H,25,28)(H,26,29). The molecule has 0 aliphatic rings. The van der Waals surface area contributed by atoms with E-state index in [4.69, 9.17) is 14.2 Å². The topological polar surface area (TPSA) is 132 Å². The maximum absolute atomic E-state index is 12.5. The molecule has 0 spiro atoms. The number of hydrogen-bond acceptors (Lipinski definition) is 7. The number of esters is 1. The Kier molecular flexibility index (Phi) is 13.4. The van der Waals surface area contributed by atoms with Crippen molar-refractivity contribution >= 4 is 29.4 Å². The summed E-state index contributed by atoms with van der Waals surface area (Å²) in [5.41, 5.74) is 1.32. The van der Waals surface area contributed by atoms with Gasteiger partial charge in [0.1, 0.15) is 19.3 Å². The van der Waals surface area contributed by atoms with E-state index >= 15 is 0 Å². The number of ether oxygens (including phenoxy) is 3. The molecule has 1 atom stereocenters. The van der Waals surface area contributed by atoms with Gasteiger partial charge in [-0.1, -0.05) is 32.9 Å². The van der Waals surface area contributed by atoms with Gasteiger partial charge in [0.05, 0.1) is 19.8 Å².